The Hall–Kier alpha value is -1.31. The van der Waals surface area contributed by atoms with E-state index in [4.69, 9.17) is 0 Å². The van der Waals surface area contributed by atoms with Crippen molar-refractivity contribution < 1.29 is 9.13 Å². The molecule has 51 valence electrons. The first-order valence-electron chi connectivity index (χ1n) is 2.78. The van der Waals surface area contributed by atoms with Crippen molar-refractivity contribution in [2.45, 2.75) is 0 Å². The van der Waals surface area contributed by atoms with Gasteiger partial charge in [0.15, 0.2) is 0 Å². The summed E-state index contributed by atoms with van der Waals surface area (Å²) >= 11 is 0. The molecule has 10 heavy (non-hydrogen) atoms. The van der Waals surface area contributed by atoms with E-state index in [1.54, 1.807) is 24.3 Å². The Morgan fingerprint density at radius 3 is 2.90 bits per heavy atom. The van der Waals surface area contributed by atoms with Crippen LogP contribution in [0.4, 0.5) is 4.39 Å². The predicted octanol–water partition coefficient (Wildman–Crippen LogP) is 2.31. The van der Waals surface area contributed by atoms with Crippen LogP contribution in [0, 0.1) is 6.07 Å². The summed E-state index contributed by atoms with van der Waals surface area (Å²) in [5.74, 6) is 0.343. The van der Waals surface area contributed by atoms with Crippen LogP contribution in [0.3, 0.4) is 0 Å². The van der Waals surface area contributed by atoms with Crippen molar-refractivity contribution in [3.63, 3.8) is 0 Å². The van der Waals surface area contributed by atoms with Crippen LogP contribution < -0.4 is 4.74 Å². The molecule has 2 heteroatoms. The minimum absolute atomic E-state index is 0.343. The Morgan fingerprint density at radius 1 is 1.60 bits per heavy atom. The quantitative estimate of drug-likeness (QED) is 0.568. The number of hydrogen-bond donors (Lipinski definition) is 0. The lowest BCUT2D eigenvalue weighted by atomic mass is 10.3. The molecule has 0 aliphatic carbocycles. The van der Waals surface area contributed by atoms with E-state index < -0.39 is 6.01 Å². The lowest BCUT2D eigenvalue weighted by molar-refractivity contribution is 0.304. The molecule has 0 heterocycles. The first-order chi connectivity index (χ1) is 4.79. The van der Waals surface area contributed by atoms with Gasteiger partial charge in [-0.2, -0.15) is 4.39 Å². The summed E-state index contributed by atoms with van der Waals surface area (Å²) in [4.78, 5) is 0. The zero-order valence-corrected chi connectivity index (χ0v) is 5.30. The standard InChI is InChI=1S/C8H6FO/c1-7(9)10-8-5-3-2-4-6-8/h2-5H,1H2. The Bertz CT molecular complexity index is 218. The van der Waals surface area contributed by atoms with Gasteiger partial charge in [0.25, 0.3) is 6.01 Å². The van der Waals surface area contributed by atoms with Gasteiger partial charge in [0.2, 0.25) is 0 Å². The van der Waals surface area contributed by atoms with E-state index in [-0.39, 0.29) is 0 Å². The van der Waals surface area contributed by atoms with Gasteiger partial charge in [-0.1, -0.05) is 18.2 Å². The van der Waals surface area contributed by atoms with Gasteiger partial charge in [0.05, 0.1) is 0 Å². The summed E-state index contributed by atoms with van der Waals surface area (Å²) in [7, 11) is 0. The molecule has 1 nitrogen and oxygen atoms in total. The summed E-state index contributed by atoms with van der Waals surface area (Å²) in [6.07, 6.45) is 0. The predicted molar refractivity (Wildman–Crippen MR) is 36.2 cm³/mol. The topological polar surface area (TPSA) is 9.23 Å². The maximum absolute atomic E-state index is 12.0. The molecule has 0 bridgehead atoms. The Kier molecular flexibility index (Phi) is 2.05. The van der Waals surface area contributed by atoms with E-state index >= 15 is 0 Å². The molecular formula is C8H6FO. The molecule has 0 aliphatic rings. The van der Waals surface area contributed by atoms with Gasteiger partial charge in [0.1, 0.15) is 5.75 Å². The molecule has 0 atom stereocenters. The second-order valence-electron chi connectivity index (χ2n) is 1.68. The summed E-state index contributed by atoms with van der Waals surface area (Å²) in [6, 6.07) is 8.60. The molecule has 0 unspecified atom stereocenters. The second-order valence-corrected chi connectivity index (χ2v) is 1.68. The fourth-order valence-electron chi connectivity index (χ4n) is 0.560. The molecule has 1 aromatic carbocycles. The highest BCUT2D eigenvalue weighted by Gasteiger charge is 1.92. The van der Waals surface area contributed by atoms with Gasteiger partial charge in [-0.15, -0.1) is 0 Å². The number of hydrogen-bond acceptors (Lipinski definition) is 1. The van der Waals surface area contributed by atoms with Gasteiger partial charge in [-0.05, 0) is 12.6 Å². The van der Waals surface area contributed by atoms with Crippen molar-refractivity contribution in [1.29, 1.82) is 0 Å². The average molecular weight is 137 g/mol. The minimum atomic E-state index is -0.817. The molecule has 0 spiro atoms. The van der Waals surface area contributed by atoms with Crippen LogP contribution in [-0.2, 0) is 0 Å². The van der Waals surface area contributed by atoms with E-state index in [2.05, 4.69) is 17.4 Å². The van der Waals surface area contributed by atoms with Gasteiger partial charge in [-0.25, -0.2) is 0 Å². The second kappa shape index (κ2) is 3.01. The maximum atomic E-state index is 12.0. The van der Waals surface area contributed by atoms with Crippen LogP contribution in [0.1, 0.15) is 0 Å². The van der Waals surface area contributed by atoms with Crippen LogP contribution in [0.5, 0.6) is 5.75 Å². The van der Waals surface area contributed by atoms with E-state index in [1.807, 2.05) is 0 Å². The third-order valence-electron chi connectivity index (χ3n) is 0.901. The van der Waals surface area contributed by atoms with Crippen LogP contribution in [0.15, 0.2) is 36.9 Å². The van der Waals surface area contributed by atoms with Crippen LogP contribution in [0.25, 0.3) is 0 Å². The monoisotopic (exact) mass is 137 g/mol. The fourth-order valence-corrected chi connectivity index (χ4v) is 0.560. The van der Waals surface area contributed by atoms with Gasteiger partial charge >= 0.3 is 0 Å². The van der Waals surface area contributed by atoms with E-state index in [0.717, 1.165) is 0 Å². The van der Waals surface area contributed by atoms with Crippen LogP contribution in [-0.4, -0.2) is 0 Å². The van der Waals surface area contributed by atoms with Crippen molar-refractivity contribution in [2.75, 3.05) is 0 Å². The Morgan fingerprint density at radius 2 is 2.40 bits per heavy atom. The lowest BCUT2D eigenvalue weighted by Crippen LogP contribution is -1.85. The lowest BCUT2D eigenvalue weighted by Gasteiger charge is -1.97. The molecule has 0 N–H and O–H groups in total. The molecule has 0 aliphatic heterocycles. The number of benzene rings is 1. The highest BCUT2D eigenvalue weighted by atomic mass is 19.1. The third-order valence-corrected chi connectivity index (χ3v) is 0.901. The van der Waals surface area contributed by atoms with Crippen molar-refractivity contribution in [3.05, 3.63) is 42.9 Å². The van der Waals surface area contributed by atoms with Crippen molar-refractivity contribution in [3.8, 4) is 5.75 Å². The maximum Gasteiger partial charge on any atom is 0.270 e. The van der Waals surface area contributed by atoms with E-state index in [0.29, 0.717) is 5.75 Å². The summed E-state index contributed by atoms with van der Waals surface area (Å²) < 4.78 is 16.4. The number of halogens is 1. The molecule has 1 rings (SSSR count). The van der Waals surface area contributed by atoms with Gasteiger partial charge in [-0.3, -0.25) is 0 Å². The average Bonchev–Trinajstić information content (AvgIpc) is 1.88. The SMILES string of the molecule is C=C(F)Oc1[c]cccc1. The molecule has 1 aromatic rings. The molecule has 0 saturated heterocycles. The Labute approximate surface area is 58.8 Å². The summed E-state index contributed by atoms with van der Waals surface area (Å²) in [6.45, 7) is 2.94. The molecule has 1 radical (unpaired) electrons. The zero-order chi connectivity index (χ0) is 7.40. The zero-order valence-electron chi connectivity index (χ0n) is 5.30. The smallest absolute Gasteiger partial charge is 0.270 e. The van der Waals surface area contributed by atoms with Crippen LogP contribution >= 0.6 is 0 Å². The fraction of sp³-hybridized carbons (Fsp3) is 0. The van der Waals surface area contributed by atoms with Crippen molar-refractivity contribution in [2.24, 2.45) is 0 Å². The minimum Gasteiger partial charge on any atom is -0.431 e. The summed E-state index contributed by atoms with van der Waals surface area (Å²) in [5, 5.41) is 0. The van der Waals surface area contributed by atoms with Crippen molar-refractivity contribution in [1.82, 2.24) is 0 Å². The van der Waals surface area contributed by atoms with Crippen molar-refractivity contribution >= 4 is 0 Å². The molecule has 0 aromatic heterocycles. The van der Waals surface area contributed by atoms with E-state index in [9.17, 15) is 4.39 Å². The summed E-state index contributed by atoms with van der Waals surface area (Å²) in [5.41, 5.74) is 0. The molecule has 0 saturated carbocycles. The normalized spacial score (nSPS) is 8.90. The largest absolute Gasteiger partial charge is 0.431 e. The van der Waals surface area contributed by atoms with E-state index in [1.165, 1.54) is 0 Å². The van der Waals surface area contributed by atoms with Gasteiger partial charge < -0.3 is 4.74 Å². The highest BCUT2D eigenvalue weighted by molar-refractivity contribution is 5.20. The Balaban J connectivity index is 2.67. The third kappa shape index (κ3) is 1.90. The van der Waals surface area contributed by atoms with Gasteiger partial charge in [0, 0.05) is 6.07 Å². The highest BCUT2D eigenvalue weighted by Crippen LogP contribution is 2.10. The number of ether oxygens (including phenoxy) is 1. The number of para-hydroxylation sites is 1. The molecular weight excluding hydrogens is 131 g/mol. The van der Waals surface area contributed by atoms with Crippen LogP contribution in [0.2, 0.25) is 0 Å². The molecule has 0 fully saturated rings. The molecule has 0 amide bonds. The first-order valence-corrected chi connectivity index (χ1v) is 2.78. The number of rotatable bonds is 2. The first kappa shape index (κ1) is 6.81.